The molecule has 1 atom stereocenters. The van der Waals surface area contributed by atoms with E-state index in [1.54, 1.807) is 7.05 Å². The van der Waals surface area contributed by atoms with Crippen molar-refractivity contribution in [2.45, 2.75) is 44.7 Å². The fourth-order valence-corrected chi connectivity index (χ4v) is 4.24. The fourth-order valence-electron chi connectivity index (χ4n) is 4.24. The number of hydrogen-bond donors (Lipinski definition) is 2. The normalized spacial score (nSPS) is 20.8. The molecule has 3 rings (SSSR count). The van der Waals surface area contributed by atoms with E-state index >= 15 is 0 Å². The molecule has 1 aromatic carbocycles. The average Bonchev–Trinajstić information content (AvgIpc) is 3.40. The summed E-state index contributed by atoms with van der Waals surface area (Å²) in [5.74, 6) is 1.47. The molecular weight excluding hydrogens is 350 g/mol. The largest absolute Gasteiger partial charge is 0.355 e. The molecule has 1 saturated carbocycles. The first-order valence-electron chi connectivity index (χ1n) is 10.6. The molecular formula is C22H35N5O. The van der Waals surface area contributed by atoms with E-state index in [0.29, 0.717) is 11.9 Å². The molecule has 1 unspecified atom stereocenters. The van der Waals surface area contributed by atoms with E-state index in [1.807, 2.05) is 6.07 Å². The Hall–Kier alpha value is -2.08. The molecule has 1 aliphatic carbocycles. The molecule has 6 nitrogen and oxygen atoms in total. The number of guanidine groups is 1. The van der Waals surface area contributed by atoms with Crippen LogP contribution in [0.15, 0.2) is 35.3 Å². The molecule has 6 heteroatoms. The molecule has 1 heterocycles. The van der Waals surface area contributed by atoms with Crippen molar-refractivity contribution in [1.82, 2.24) is 20.4 Å². The van der Waals surface area contributed by atoms with Crippen molar-refractivity contribution in [2.75, 3.05) is 40.3 Å². The number of likely N-dealkylation sites (N-methyl/N-ethyl adjacent to an activating group) is 1. The zero-order valence-electron chi connectivity index (χ0n) is 17.4. The van der Waals surface area contributed by atoms with E-state index in [-0.39, 0.29) is 5.92 Å². The zero-order valence-corrected chi connectivity index (χ0v) is 17.4. The maximum absolute atomic E-state index is 12.6. The minimum absolute atomic E-state index is 0.274. The molecule has 1 aromatic rings. The van der Waals surface area contributed by atoms with E-state index in [2.05, 4.69) is 56.7 Å². The van der Waals surface area contributed by atoms with Gasteiger partial charge in [-0.2, -0.15) is 0 Å². The third kappa shape index (κ3) is 5.96. The maximum Gasteiger partial charge on any atom is 0.225 e. The summed E-state index contributed by atoms with van der Waals surface area (Å²) >= 11 is 0. The average molecular weight is 386 g/mol. The van der Waals surface area contributed by atoms with Gasteiger partial charge in [0.1, 0.15) is 0 Å². The topological polar surface area (TPSA) is 60.0 Å². The van der Waals surface area contributed by atoms with Gasteiger partial charge in [-0.25, -0.2) is 0 Å². The predicted molar refractivity (Wildman–Crippen MR) is 114 cm³/mol. The summed E-state index contributed by atoms with van der Waals surface area (Å²) in [4.78, 5) is 21.3. The van der Waals surface area contributed by atoms with Crippen LogP contribution >= 0.6 is 0 Å². The fraction of sp³-hybridized carbons (Fsp3) is 0.636. The smallest absolute Gasteiger partial charge is 0.225 e. The first kappa shape index (κ1) is 20.6. The minimum atomic E-state index is 0.274. The number of nitrogens with zero attached hydrogens (tertiary/aromatic N) is 3. The third-order valence-electron chi connectivity index (χ3n) is 5.85. The highest BCUT2D eigenvalue weighted by Gasteiger charge is 2.32. The van der Waals surface area contributed by atoms with Crippen molar-refractivity contribution in [3.05, 3.63) is 35.9 Å². The minimum Gasteiger partial charge on any atom is -0.355 e. The van der Waals surface area contributed by atoms with Gasteiger partial charge in [-0.3, -0.25) is 9.79 Å². The van der Waals surface area contributed by atoms with Crippen molar-refractivity contribution in [3.8, 4) is 0 Å². The lowest BCUT2D eigenvalue weighted by molar-refractivity contribution is -0.134. The van der Waals surface area contributed by atoms with Crippen LogP contribution in [0.2, 0.25) is 0 Å². The number of likely N-dealkylation sites (tertiary alicyclic amines) is 1. The molecule has 0 bridgehead atoms. The number of carbonyl (C=O) groups is 1. The van der Waals surface area contributed by atoms with Crippen LogP contribution in [0.3, 0.4) is 0 Å². The van der Waals surface area contributed by atoms with Crippen LogP contribution in [-0.2, 0) is 11.3 Å². The highest BCUT2D eigenvalue weighted by Crippen LogP contribution is 2.27. The second-order valence-electron chi connectivity index (χ2n) is 8.12. The van der Waals surface area contributed by atoms with Gasteiger partial charge < -0.3 is 20.4 Å². The third-order valence-corrected chi connectivity index (χ3v) is 5.85. The molecule has 2 aliphatic rings. The lowest BCUT2D eigenvalue weighted by atomic mass is 10.1. The van der Waals surface area contributed by atoms with Crippen molar-refractivity contribution >= 4 is 11.9 Å². The number of nitrogens with one attached hydrogen (secondary N) is 2. The molecule has 0 aromatic heterocycles. The van der Waals surface area contributed by atoms with Crippen LogP contribution in [0.4, 0.5) is 0 Å². The summed E-state index contributed by atoms with van der Waals surface area (Å²) in [5, 5.41) is 6.90. The van der Waals surface area contributed by atoms with E-state index in [1.165, 1.54) is 18.4 Å². The van der Waals surface area contributed by atoms with Crippen LogP contribution in [0.1, 0.15) is 37.7 Å². The van der Waals surface area contributed by atoms with Crippen molar-refractivity contribution < 1.29 is 4.79 Å². The van der Waals surface area contributed by atoms with Gasteiger partial charge >= 0.3 is 0 Å². The van der Waals surface area contributed by atoms with Gasteiger partial charge in [0.05, 0.1) is 0 Å². The van der Waals surface area contributed by atoms with Gasteiger partial charge in [-0.15, -0.1) is 0 Å². The van der Waals surface area contributed by atoms with Gasteiger partial charge in [0.15, 0.2) is 5.96 Å². The van der Waals surface area contributed by atoms with Crippen LogP contribution in [0.25, 0.3) is 0 Å². The van der Waals surface area contributed by atoms with E-state index in [4.69, 9.17) is 0 Å². The number of amides is 1. The van der Waals surface area contributed by atoms with E-state index in [0.717, 1.165) is 57.9 Å². The molecule has 0 spiro atoms. The number of aliphatic imine (C=N–C) groups is 1. The van der Waals surface area contributed by atoms with Gasteiger partial charge in [0.25, 0.3) is 0 Å². The predicted octanol–water partition coefficient (Wildman–Crippen LogP) is 2.07. The summed E-state index contributed by atoms with van der Waals surface area (Å²) in [5.41, 5.74) is 1.32. The highest BCUT2D eigenvalue weighted by atomic mass is 16.2. The summed E-state index contributed by atoms with van der Waals surface area (Å²) in [6, 6.07) is 10.8. The lowest BCUT2D eigenvalue weighted by Gasteiger charge is -2.22. The number of hydrogen-bond acceptors (Lipinski definition) is 3. The molecule has 2 fully saturated rings. The van der Waals surface area contributed by atoms with Crippen molar-refractivity contribution in [3.63, 3.8) is 0 Å². The van der Waals surface area contributed by atoms with Crippen LogP contribution in [-0.4, -0.2) is 68.0 Å². The van der Waals surface area contributed by atoms with Crippen LogP contribution < -0.4 is 10.6 Å². The van der Waals surface area contributed by atoms with Gasteiger partial charge in [0.2, 0.25) is 5.91 Å². The van der Waals surface area contributed by atoms with E-state index in [9.17, 15) is 4.79 Å². The molecule has 154 valence electrons. The Bertz CT molecular complexity index is 642. The van der Waals surface area contributed by atoms with Gasteiger partial charge in [0, 0.05) is 51.7 Å². The molecule has 28 heavy (non-hydrogen) atoms. The molecule has 1 amide bonds. The maximum atomic E-state index is 12.6. The SMILES string of the molecule is CN=C(NCCN(C)Cc1ccccc1)NC1CCN(C(=O)C2CCCC2)C1. The Morgan fingerprint density at radius 3 is 2.68 bits per heavy atom. The Labute approximate surface area is 169 Å². The molecule has 2 N–H and O–H groups in total. The lowest BCUT2D eigenvalue weighted by Crippen LogP contribution is -2.46. The van der Waals surface area contributed by atoms with Crippen molar-refractivity contribution in [2.24, 2.45) is 10.9 Å². The first-order valence-corrected chi connectivity index (χ1v) is 10.6. The van der Waals surface area contributed by atoms with E-state index < -0.39 is 0 Å². The van der Waals surface area contributed by atoms with Gasteiger partial charge in [-0.05, 0) is 31.9 Å². The van der Waals surface area contributed by atoms with Crippen molar-refractivity contribution in [1.29, 1.82) is 0 Å². The van der Waals surface area contributed by atoms with Gasteiger partial charge in [-0.1, -0.05) is 43.2 Å². The summed E-state index contributed by atoms with van der Waals surface area (Å²) in [6.45, 7) is 4.37. The Kier molecular flexibility index (Phi) is 7.71. The zero-order chi connectivity index (χ0) is 19.8. The molecule has 0 radical (unpaired) electrons. The summed E-state index contributed by atoms with van der Waals surface area (Å²) in [7, 11) is 3.94. The Morgan fingerprint density at radius 2 is 1.96 bits per heavy atom. The van der Waals surface area contributed by atoms with Crippen LogP contribution in [0, 0.1) is 5.92 Å². The monoisotopic (exact) mass is 385 g/mol. The second-order valence-corrected chi connectivity index (χ2v) is 8.12. The number of benzene rings is 1. The summed E-state index contributed by atoms with van der Waals surface area (Å²) in [6.07, 6.45) is 5.57. The first-order chi connectivity index (χ1) is 13.7. The second kappa shape index (κ2) is 10.5. The quantitative estimate of drug-likeness (QED) is 0.557. The summed E-state index contributed by atoms with van der Waals surface area (Å²) < 4.78 is 0. The number of carbonyl (C=O) groups excluding carboxylic acids is 1. The number of rotatable bonds is 7. The van der Waals surface area contributed by atoms with Crippen LogP contribution in [0.5, 0.6) is 0 Å². The Morgan fingerprint density at radius 1 is 1.21 bits per heavy atom. The highest BCUT2D eigenvalue weighted by molar-refractivity contribution is 5.81. The molecule has 1 saturated heterocycles. The standard InChI is InChI=1S/C22H35N5O/c1-23-22(24-13-15-26(2)16-18-8-4-3-5-9-18)25-20-12-14-27(17-20)21(28)19-10-6-7-11-19/h3-5,8-9,19-20H,6-7,10-17H2,1-2H3,(H2,23,24,25). The Balaban J connectivity index is 1.36. The molecule has 1 aliphatic heterocycles.